The van der Waals surface area contributed by atoms with Crippen LogP contribution in [0.25, 0.3) is 10.1 Å². The zero-order valence-corrected chi connectivity index (χ0v) is 14.3. The maximum absolute atomic E-state index is 3.78. The summed E-state index contributed by atoms with van der Waals surface area (Å²) in [6.45, 7) is 8.12. The molecule has 21 heavy (non-hydrogen) atoms. The van der Waals surface area contributed by atoms with Gasteiger partial charge in [-0.2, -0.15) is 0 Å². The summed E-state index contributed by atoms with van der Waals surface area (Å²) in [6.07, 6.45) is 5.43. The molecule has 0 saturated heterocycles. The second-order valence-electron chi connectivity index (χ2n) is 7.22. The van der Waals surface area contributed by atoms with E-state index in [-0.39, 0.29) is 0 Å². The van der Waals surface area contributed by atoms with E-state index in [1.54, 1.807) is 0 Å². The molecule has 3 rings (SSSR count). The number of fused-ring (bicyclic) bond motifs is 1. The average molecular weight is 301 g/mol. The molecule has 0 aliphatic heterocycles. The van der Waals surface area contributed by atoms with Gasteiger partial charge in [0.15, 0.2) is 0 Å². The number of thiophene rings is 1. The number of benzene rings is 1. The van der Waals surface area contributed by atoms with Gasteiger partial charge in [-0.05, 0) is 66.0 Å². The lowest BCUT2D eigenvalue weighted by Crippen LogP contribution is -2.32. The number of hydrogen-bond donors (Lipinski definition) is 1. The van der Waals surface area contributed by atoms with E-state index >= 15 is 0 Å². The molecule has 114 valence electrons. The number of nitrogens with one attached hydrogen (secondary N) is 1. The fourth-order valence-corrected chi connectivity index (χ4v) is 4.72. The third-order valence-electron chi connectivity index (χ3n) is 5.12. The van der Waals surface area contributed by atoms with Crippen molar-refractivity contribution in [2.75, 3.05) is 6.54 Å². The van der Waals surface area contributed by atoms with Crippen LogP contribution in [0, 0.1) is 11.3 Å². The molecular formula is C19H27NS. The van der Waals surface area contributed by atoms with Crippen LogP contribution in [-0.4, -0.2) is 6.54 Å². The van der Waals surface area contributed by atoms with Crippen molar-refractivity contribution in [3.8, 4) is 0 Å². The van der Waals surface area contributed by atoms with Gasteiger partial charge in [-0.25, -0.2) is 0 Å². The van der Waals surface area contributed by atoms with Crippen molar-refractivity contribution in [1.29, 1.82) is 0 Å². The number of rotatable bonds is 4. The van der Waals surface area contributed by atoms with Gasteiger partial charge in [0.05, 0.1) is 0 Å². The third-order valence-corrected chi connectivity index (χ3v) is 6.10. The van der Waals surface area contributed by atoms with Gasteiger partial charge in [-0.15, -0.1) is 11.3 Å². The molecule has 2 aromatic rings. The molecule has 1 heterocycles. The van der Waals surface area contributed by atoms with Crippen molar-refractivity contribution in [2.45, 2.75) is 52.5 Å². The summed E-state index contributed by atoms with van der Waals surface area (Å²) in [4.78, 5) is 0. The van der Waals surface area contributed by atoms with Crippen molar-refractivity contribution < 1.29 is 0 Å². The van der Waals surface area contributed by atoms with Crippen LogP contribution in [0.3, 0.4) is 0 Å². The summed E-state index contributed by atoms with van der Waals surface area (Å²) in [7, 11) is 0. The molecule has 1 unspecified atom stereocenters. The fraction of sp³-hybridized carbons (Fsp3) is 0.579. The predicted molar refractivity (Wildman–Crippen MR) is 94.0 cm³/mol. The molecule has 0 radical (unpaired) electrons. The molecule has 1 atom stereocenters. The van der Waals surface area contributed by atoms with Crippen molar-refractivity contribution in [3.05, 3.63) is 35.2 Å². The van der Waals surface area contributed by atoms with Gasteiger partial charge in [0.1, 0.15) is 0 Å². The monoisotopic (exact) mass is 301 g/mol. The lowest BCUT2D eigenvalue weighted by atomic mass is 9.70. The molecule has 1 saturated carbocycles. The molecule has 1 aliphatic carbocycles. The fourth-order valence-electron chi connectivity index (χ4n) is 3.77. The summed E-state index contributed by atoms with van der Waals surface area (Å²) in [5.41, 5.74) is 2.07. The zero-order chi connectivity index (χ0) is 14.9. The van der Waals surface area contributed by atoms with E-state index in [1.165, 1.54) is 41.3 Å². The van der Waals surface area contributed by atoms with E-state index in [9.17, 15) is 0 Å². The first-order valence-electron chi connectivity index (χ1n) is 8.30. The van der Waals surface area contributed by atoms with E-state index in [1.807, 2.05) is 11.3 Å². The van der Waals surface area contributed by atoms with Gasteiger partial charge >= 0.3 is 0 Å². The summed E-state index contributed by atoms with van der Waals surface area (Å²) in [5, 5.41) is 7.41. The Labute approximate surface area is 132 Å². The summed E-state index contributed by atoms with van der Waals surface area (Å²) >= 11 is 1.89. The third kappa shape index (κ3) is 3.17. The Hall–Kier alpha value is -0.860. The first-order valence-corrected chi connectivity index (χ1v) is 9.18. The molecule has 1 nitrogen and oxygen atoms in total. The van der Waals surface area contributed by atoms with E-state index in [2.05, 4.69) is 55.7 Å². The van der Waals surface area contributed by atoms with Crippen LogP contribution in [0.1, 0.15) is 58.1 Å². The molecule has 0 bridgehead atoms. The normalized spacial score (nSPS) is 20.7. The Balaban J connectivity index is 1.89. The lowest BCUT2D eigenvalue weighted by molar-refractivity contribution is 0.162. The van der Waals surface area contributed by atoms with E-state index in [4.69, 9.17) is 0 Å². The van der Waals surface area contributed by atoms with Crippen LogP contribution in [0.15, 0.2) is 29.6 Å². The van der Waals surface area contributed by atoms with Crippen LogP contribution in [-0.2, 0) is 0 Å². The van der Waals surface area contributed by atoms with E-state index in [0.29, 0.717) is 11.5 Å². The quantitative estimate of drug-likeness (QED) is 0.756. The van der Waals surface area contributed by atoms with Gasteiger partial charge in [0.25, 0.3) is 0 Å². The van der Waals surface area contributed by atoms with Crippen molar-refractivity contribution in [2.24, 2.45) is 11.3 Å². The largest absolute Gasteiger partial charge is 0.310 e. The molecule has 0 amide bonds. The van der Waals surface area contributed by atoms with Crippen LogP contribution >= 0.6 is 11.3 Å². The van der Waals surface area contributed by atoms with Gasteiger partial charge in [0, 0.05) is 10.7 Å². The highest BCUT2D eigenvalue weighted by molar-refractivity contribution is 7.17. The van der Waals surface area contributed by atoms with Crippen LogP contribution in [0.4, 0.5) is 0 Å². The second kappa shape index (κ2) is 6.10. The van der Waals surface area contributed by atoms with Crippen molar-refractivity contribution in [3.63, 3.8) is 0 Å². The maximum atomic E-state index is 3.78. The van der Waals surface area contributed by atoms with Gasteiger partial charge < -0.3 is 5.32 Å². The van der Waals surface area contributed by atoms with Gasteiger partial charge in [-0.3, -0.25) is 0 Å². The SMILES string of the molecule is CCNC(c1cccc2ccsc12)C1CCC(C)(C)CC1. The average Bonchev–Trinajstić information content (AvgIpc) is 2.94. The summed E-state index contributed by atoms with van der Waals surface area (Å²) < 4.78 is 1.48. The van der Waals surface area contributed by atoms with Crippen LogP contribution in [0.2, 0.25) is 0 Å². The maximum Gasteiger partial charge on any atom is 0.0390 e. The number of hydrogen-bond acceptors (Lipinski definition) is 2. The van der Waals surface area contributed by atoms with Gasteiger partial charge in [-0.1, -0.05) is 39.0 Å². The topological polar surface area (TPSA) is 12.0 Å². The van der Waals surface area contributed by atoms with E-state index < -0.39 is 0 Å². The molecule has 1 aromatic carbocycles. The molecule has 1 fully saturated rings. The first-order chi connectivity index (χ1) is 10.1. The summed E-state index contributed by atoms with van der Waals surface area (Å²) in [6, 6.07) is 9.57. The predicted octanol–water partition coefficient (Wildman–Crippen LogP) is 5.77. The molecule has 1 N–H and O–H groups in total. The van der Waals surface area contributed by atoms with Crippen LogP contribution in [0.5, 0.6) is 0 Å². The Morgan fingerprint density at radius 1 is 1.24 bits per heavy atom. The zero-order valence-electron chi connectivity index (χ0n) is 13.5. The Morgan fingerprint density at radius 2 is 2.00 bits per heavy atom. The Bertz CT molecular complexity index is 588. The molecule has 2 heteroatoms. The van der Waals surface area contributed by atoms with Crippen LogP contribution < -0.4 is 5.32 Å². The minimum absolute atomic E-state index is 0.522. The molecular weight excluding hydrogens is 274 g/mol. The highest BCUT2D eigenvalue weighted by Gasteiger charge is 2.32. The molecule has 1 aromatic heterocycles. The standard InChI is InChI=1S/C19H27NS/c1-4-20-17(14-8-11-19(2,3)12-9-14)16-7-5-6-15-10-13-21-18(15)16/h5-7,10,13-14,17,20H,4,8-9,11-12H2,1-3H3. The van der Waals surface area contributed by atoms with Gasteiger partial charge in [0.2, 0.25) is 0 Å². The highest BCUT2D eigenvalue weighted by atomic mass is 32.1. The summed E-state index contributed by atoms with van der Waals surface area (Å²) in [5.74, 6) is 0.783. The minimum atomic E-state index is 0.522. The smallest absolute Gasteiger partial charge is 0.0390 e. The van der Waals surface area contributed by atoms with Crippen molar-refractivity contribution >= 4 is 21.4 Å². The van der Waals surface area contributed by atoms with Crippen molar-refractivity contribution in [1.82, 2.24) is 5.32 Å². The van der Waals surface area contributed by atoms with E-state index in [0.717, 1.165) is 12.5 Å². The highest BCUT2D eigenvalue weighted by Crippen LogP contribution is 2.44. The lowest BCUT2D eigenvalue weighted by Gasteiger charge is -2.38. The first kappa shape index (κ1) is 15.1. The minimum Gasteiger partial charge on any atom is -0.310 e. The Morgan fingerprint density at radius 3 is 2.71 bits per heavy atom. The Kier molecular flexibility index (Phi) is 4.37. The molecule has 0 spiro atoms. The second-order valence-corrected chi connectivity index (χ2v) is 8.14. The molecule has 1 aliphatic rings.